The number of carbonyl (C=O) groups excluding carboxylic acids is 1. The second-order valence-corrected chi connectivity index (χ2v) is 9.24. The zero-order valence-electron chi connectivity index (χ0n) is 16.6. The minimum Gasteiger partial charge on any atom is -0.497 e. The molecular formula is C20H22F3NO4S. The monoisotopic (exact) mass is 429 g/mol. The van der Waals surface area contributed by atoms with Gasteiger partial charge in [-0.3, -0.25) is 9.52 Å². The molecule has 0 aliphatic carbocycles. The molecule has 0 unspecified atom stereocenters. The summed E-state index contributed by atoms with van der Waals surface area (Å²) in [7, 11) is -3.05. The van der Waals surface area contributed by atoms with Gasteiger partial charge < -0.3 is 4.74 Å². The number of alkyl halides is 3. The van der Waals surface area contributed by atoms with Gasteiger partial charge in [-0.2, -0.15) is 13.2 Å². The standard InChI is InChI=1S/C20H22F3NO4S/c1-12-6-9-17(15(10-12)19(2,3)4)29(26,27)24-16-8-7-13(28-5)11-14(16)18(25)20(21,22)23/h6-11,24H,1-5H3. The van der Waals surface area contributed by atoms with Gasteiger partial charge in [-0.05, 0) is 42.2 Å². The van der Waals surface area contributed by atoms with Gasteiger partial charge in [0.05, 0.1) is 23.3 Å². The summed E-state index contributed by atoms with van der Waals surface area (Å²) in [6.45, 7) is 7.29. The highest BCUT2D eigenvalue weighted by molar-refractivity contribution is 7.92. The molecule has 1 N–H and O–H groups in total. The Kier molecular flexibility index (Phi) is 6.04. The average molecular weight is 429 g/mol. The Bertz CT molecular complexity index is 1040. The number of hydrogen-bond acceptors (Lipinski definition) is 4. The second kappa shape index (κ2) is 7.70. The van der Waals surface area contributed by atoms with Crippen LogP contribution in [0.25, 0.3) is 0 Å². The lowest BCUT2D eigenvalue weighted by Crippen LogP contribution is -2.26. The number of aryl methyl sites for hydroxylation is 1. The van der Waals surface area contributed by atoms with E-state index in [-0.39, 0.29) is 10.6 Å². The highest BCUT2D eigenvalue weighted by atomic mass is 32.2. The number of ketones is 1. The summed E-state index contributed by atoms with van der Waals surface area (Å²) in [5.74, 6) is -2.18. The van der Waals surface area contributed by atoms with Crippen molar-refractivity contribution in [3.8, 4) is 5.75 Å². The number of ether oxygens (including phenoxy) is 1. The lowest BCUT2D eigenvalue weighted by Gasteiger charge is -2.24. The van der Waals surface area contributed by atoms with Crippen LogP contribution in [0.1, 0.15) is 42.3 Å². The molecule has 0 saturated carbocycles. The highest BCUT2D eigenvalue weighted by Crippen LogP contribution is 2.34. The molecule has 0 heterocycles. The van der Waals surface area contributed by atoms with Crippen LogP contribution in [0.15, 0.2) is 41.3 Å². The van der Waals surface area contributed by atoms with Crippen LogP contribution >= 0.6 is 0 Å². The zero-order valence-corrected chi connectivity index (χ0v) is 17.5. The van der Waals surface area contributed by atoms with Crippen molar-refractivity contribution < 1.29 is 31.1 Å². The summed E-state index contributed by atoms with van der Waals surface area (Å²) in [4.78, 5) is 11.8. The molecule has 0 spiro atoms. The maximum atomic E-state index is 13.0. The molecule has 2 aromatic carbocycles. The molecule has 0 bridgehead atoms. The van der Waals surface area contributed by atoms with Gasteiger partial charge in [-0.1, -0.05) is 38.5 Å². The van der Waals surface area contributed by atoms with E-state index in [1.807, 2.05) is 27.7 Å². The van der Waals surface area contributed by atoms with E-state index in [1.54, 1.807) is 12.1 Å². The van der Waals surface area contributed by atoms with Crippen LogP contribution in [0.5, 0.6) is 5.75 Å². The minimum absolute atomic E-state index is 0.00809. The Hall–Kier alpha value is -2.55. The van der Waals surface area contributed by atoms with Crippen molar-refractivity contribution in [3.63, 3.8) is 0 Å². The van der Waals surface area contributed by atoms with Gasteiger partial charge in [0.15, 0.2) is 0 Å². The largest absolute Gasteiger partial charge is 0.497 e. The molecule has 5 nitrogen and oxygen atoms in total. The first-order valence-corrected chi connectivity index (χ1v) is 10.1. The molecule has 29 heavy (non-hydrogen) atoms. The average Bonchev–Trinajstić information content (AvgIpc) is 2.59. The third-order valence-electron chi connectivity index (χ3n) is 4.21. The Morgan fingerprint density at radius 2 is 1.66 bits per heavy atom. The van der Waals surface area contributed by atoms with Crippen LogP contribution in [0, 0.1) is 6.92 Å². The van der Waals surface area contributed by atoms with E-state index in [1.165, 1.54) is 19.2 Å². The summed E-state index contributed by atoms with van der Waals surface area (Å²) in [6, 6.07) is 7.90. The predicted octanol–water partition coefficient (Wildman–Crippen LogP) is 4.85. The smallest absolute Gasteiger partial charge is 0.454 e. The van der Waals surface area contributed by atoms with Gasteiger partial charge >= 0.3 is 6.18 Å². The Labute approximate surface area is 167 Å². The molecule has 0 fully saturated rings. The number of sulfonamides is 1. The molecule has 2 aromatic rings. The predicted molar refractivity (Wildman–Crippen MR) is 104 cm³/mol. The SMILES string of the molecule is COc1ccc(NS(=O)(=O)c2ccc(C)cc2C(C)(C)C)c(C(=O)C(F)(F)F)c1. The Morgan fingerprint density at radius 3 is 2.17 bits per heavy atom. The van der Waals surface area contributed by atoms with E-state index < -0.39 is 38.6 Å². The van der Waals surface area contributed by atoms with E-state index in [0.717, 1.165) is 17.7 Å². The van der Waals surface area contributed by atoms with E-state index in [2.05, 4.69) is 4.72 Å². The van der Waals surface area contributed by atoms with Gasteiger partial charge in [0.1, 0.15) is 5.75 Å². The molecule has 2 rings (SSSR count). The van der Waals surface area contributed by atoms with Crippen LogP contribution in [0.2, 0.25) is 0 Å². The van der Waals surface area contributed by atoms with Crippen molar-refractivity contribution in [2.45, 2.75) is 44.2 Å². The van der Waals surface area contributed by atoms with Crippen molar-refractivity contribution in [1.82, 2.24) is 0 Å². The van der Waals surface area contributed by atoms with Gasteiger partial charge in [0.2, 0.25) is 0 Å². The number of rotatable bonds is 5. The van der Waals surface area contributed by atoms with Crippen molar-refractivity contribution >= 4 is 21.5 Å². The zero-order chi connectivity index (χ0) is 22.2. The molecular weight excluding hydrogens is 407 g/mol. The molecule has 0 saturated heterocycles. The normalized spacial score (nSPS) is 12.6. The van der Waals surface area contributed by atoms with E-state index in [4.69, 9.17) is 4.74 Å². The number of Topliss-reactive ketones (excluding diaryl/α,β-unsaturated/α-hetero) is 1. The molecule has 0 aromatic heterocycles. The third kappa shape index (κ3) is 5.09. The number of halogens is 3. The molecule has 9 heteroatoms. The van der Waals surface area contributed by atoms with Crippen molar-refractivity contribution in [3.05, 3.63) is 53.1 Å². The van der Waals surface area contributed by atoms with Crippen LogP contribution in [0.3, 0.4) is 0 Å². The highest BCUT2D eigenvalue weighted by Gasteiger charge is 2.41. The molecule has 0 aliphatic rings. The lowest BCUT2D eigenvalue weighted by atomic mass is 9.86. The molecule has 158 valence electrons. The summed E-state index contributed by atoms with van der Waals surface area (Å²) < 4.78 is 72.1. The van der Waals surface area contributed by atoms with Crippen LogP contribution in [-0.2, 0) is 15.4 Å². The lowest BCUT2D eigenvalue weighted by molar-refractivity contribution is -0.0884. The number of benzene rings is 2. The fourth-order valence-electron chi connectivity index (χ4n) is 2.74. The van der Waals surface area contributed by atoms with Gasteiger partial charge in [-0.25, -0.2) is 8.42 Å². The van der Waals surface area contributed by atoms with Crippen LogP contribution < -0.4 is 9.46 Å². The van der Waals surface area contributed by atoms with E-state index in [9.17, 15) is 26.4 Å². The number of hydrogen-bond donors (Lipinski definition) is 1. The summed E-state index contributed by atoms with van der Waals surface area (Å²) in [5, 5.41) is 0. The number of methoxy groups -OCH3 is 1. The van der Waals surface area contributed by atoms with Crippen molar-refractivity contribution in [2.24, 2.45) is 0 Å². The Morgan fingerprint density at radius 1 is 1.03 bits per heavy atom. The minimum atomic E-state index is -5.17. The third-order valence-corrected chi connectivity index (χ3v) is 5.63. The van der Waals surface area contributed by atoms with Crippen LogP contribution in [0.4, 0.5) is 18.9 Å². The molecule has 0 atom stereocenters. The number of anilines is 1. The summed E-state index contributed by atoms with van der Waals surface area (Å²) in [5.41, 5.74) is -0.521. The van der Waals surface area contributed by atoms with E-state index in [0.29, 0.717) is 5.56 Å². The topological polar surface area (TPSA) is 72.5 Å². The number of carbonyl (C=O) groups is 1. The maximum absolute atomic E-state index is 13.0. The quantitative estimate of drug-likeness (QED) is 0.690. The molecule has 0 aliphatic heterocycles. The first-order valence-electron chi connectivity index (χ1n) is 8.60. The molecule has 0 radical (unpaired) electrons. The van der Waals surface area contributed by atoms with Crippen molar-refractivity contribution in [1.29, 1.82) is 0 Å². The van der Waals surface area contributed by atoms with Gasteiger partial charge in [0, 0.05) is 0 Å². The fourth-order valence-corrected chi connectivity index (χ4v) is 4.22. The van der Waals surface area contributed by atoms with Crippen LogP contribution in [-0.4, -0.2) is 27.5 Å². The maximum Gasteiger partial charge on any atom is 0.454 e. The second-order valence-electron chi connectivity index (χ2n) is 7.59. The van der Waals surface area contributed by atoms with E-state index >= 15 is 0 Å². The summed E-state index contributed by atoms with van der Waals surface area (Å²) >= 11 is 0. The van der Waals surface area contributed by atoms with Gasteiger partial charge in [-0.15, -0.1) is 0 Å². The summed E-state index contributed by atoms with van der Waals surface area (Å²) in [6.07, 6.45) is -5.17. The van der Waals surface area contributed by atoms with Crippen molar-refractivity contribution in [2.75, 3.05) is 11.8 Å². The Balaban J connectivity index is 2.61. The number of nitrogens with one attached hydrogen (secondary N) is 1. The fraction of sp³-hybridized carbons (Fsp3) is 0.350. The van der Waals surface area contributed by atoms with Gasteiger partial charge in [0.25, 0.3) is 15.8 Å². The molecule has 0 amide bonds. The first kappa shape index (κ1) is 22.7. The first-order chi connectivity index (χ1) is 13.2.